The van der Waals surface area contributed by atoms with Gasteiger partial charge < -0.3 is 25.6 Å². The molecule has 3 N–H and O–H groups in total. The number of pyridine rings is 1. The van der Waals surface area contributed by atoms with Gasteiger partial charge in [-0.15, -0.1) is 0 Å². The number of amides is 4. The number of carbonyl (C=O) groups is 6. The van der Waals surface area contributed by atoms with Gasteiger partial charge in [0.15, 0.2) is 0 Å². The van der Waals surface area contributed by atoms with Crippen LogP contribution in [0.4, 0.5) is 0 Å². The smallest absolute Gasteiger partial charge is 0.272 e. The van der Waals surface area contributed by atoms with Gasteiger partial charge >= 0.3 is 0 Å². The Balaban J connectivity index is 1.98. The first-order valence-electron chi connectivity index (χ1n) is 19.3. The Labute approximate surface area is 329 Å². The van der Waals surface area contributed by atoms with Crippen LogP contribution in [0, 0.1) is 17.3 Å². The highest BCUT2D eigenvalue weighted by Crippen LogP contribution is 2.29. The zero-order valence-corrected chi connectivity index (χ0v) is 34.2. The zero-order valence-electron chi connectivity index (χ0n) is 33.4. The number of Topliss-reactive ketones (excluding diaryl/α,β-unsaturated/α-hetero) is 2. The molecule has 1 aliphatic heterocycles. The van der Waals surface area contributed by atoms with E-state index in [2.05, 4.69) is 30.9 Å². The van der Waals surface area contributed by atoms with E-state index in [9.17, 15) is 28.8 Å². The van der Waals surface area contributed by atoms with E-state index < -0.39 is 70.9 Å². The second kappa shape index (κ2) is 21.0. The predicted octanol–water partition coefficient (Wildman–Crippen LogP) is 4.89. The van der Waals surface area contributed by atoms with Crippen molar-refractivity contribution in [3.63, 3.8) is 0 Å². The standard InChI is InChI=1S/C40H58ClN7O7/c1-9-12-25(13-10-2)33(46-36(51)29-22-42-17-18-43-29)38(53)47-35(40(6,7)8)39(54)48-23-27(55-32-16-15-26(41)21-44-32)20-30(48)37(52)45-28(14-11-3)34(50)31(49)19-24(4)5/h15-18,21-22,24-25,27-28,30,33,35H,9-14,19-20,23H2,1-8H3,(H,45,52)(H,46,51)(H,47,53)/t27-,28+,30+,33+,35-/m1/s1. The number of aromatic nitrogens is 3. The molecule has 2 aromatic rings. The zero-order chi connectivity index (χ0) is 40.9. The van der Waals surface area contributed by atoms with Gasteiger partial charge in [-0.25, -0.2) is 9.97 Å². The molecule has 0 radical (unpaired) electrons. The fourth-order valence-electron chi connectivity index (χ4n) is 6.76. The number of carbonyl (C=O) groups excluding carboxylic acids is 6. The average molecular weight is 784 g/mol. The minimum absolute atomic E-state index is 0.0382. The lowest BCUT2D eigenvalue weighted by atomic mass is 9.84. The predicted molar refractivity (Wildman–Crippen MR) is 208 cm³/mol. The number of ether oxygens (including phenoxy) is 1. The lowest BCUT2D eigenvalue weighted by molar-refractivity contribution is -0.145. The largest absolute Gasteiger partial charge is 0.472 e. The second-order valence-electron chi connectivity index (χ2n) is 15.7. The second-order valence-corrected chi connectivity index (χ2v) is 16.2. The monoisotopic (exact) mass is 783 g/mol. The molecule has 3 heterocycles. The number of nitrogens with zero attached hydrogens (tertiary/aromatic N) is 4. The molecule has 14 nitrogen and oxygen atoms in total. The number of halogens is 1. The molecule has 15 heteroatoms. The average Bonchev–Trinajstić information content (AvgIpc) is 3.56. The minimum Gasteiger partial charge on any atom is -0.472 e. The molecule has 2 aromatic heterocycles. The van der Waals surface area contributed by atoms with Crippen molar-refractivity contribution in [1.29, 1.82) is 0 Å². The molecule has 5 atom stereocenters. The van der Waals surface area contributed by atoms with Crippen LogP contribution in [-0.4, -0.2) is 91.9 Å². The van der Waals surface area contributed by atoms with Gasteiger partial charge in [-0.3, -0.25) is 33.8 Å². The van der Waals surface area contributed by atoms with Crippen LogP contribution in [-0.2, 0) is 24.0 Å². The van der Waals surface area contributed by atoms with Crippen LogP contribution in [0.15, 0.2) is 36.9 Å². The highest BCUT2D eigenvalue weighted by Gasteiger charge is 2.47. The van der Waals surface area contributed by atoms with Crippen LogP contribution in [0.3, 0.4) is 0 Å². The van der Waals surface area contributed by atoms with Crippen LogP contribution in [0.1, 0.15) is 117 Å². The maximum atomic E-state index is 14.8. The first kappa shape index (κ1) is 44.9. The van der Waals surface area contributed by atoms with E-state index in [4.69, 9.17) is 16.3 Å². The fraction of sp³-hybridized carbons (Fsp3) is 0.625. The summed E-state index contributed by atoms with van der Waals surface area (Å²) in [5, 5.41) is 8.99. The first-order chi connectivity index (χ1) is 26.0. The summed E-state index contributed by atoms with van der Waals surface area (Å²) in [6.07, 6.45) is 8.55. The van der Waals surface area contributed by atoms with Crippen LogP contribution in [0.2, 0.25) is 5.02 Å². The summed E-state index contributed by atoms with van der Waals surface area (Å²) in [4.78, 5) is 96.2. The van der Waals surface area contributed by atoms with Crippen LogP contribution >= 0.6 is 11.6 Å². The summed E-state index contributed by atoms with van der Waals surface area (Å²) in [6, 6.07) is -1.14. The van der Waals surface area contributed by atoms with Crippen molar-refractivity contribution >= 4 is 46.8 Å². The van der Waals surface area contributed by atoms with Gasteiger partial charge in [0.1, 0.15) is 29.9 Å². The topological polar surface area (TPSA) is 190 Å². The van der Waals surface area contributed by atoms with Crippen molar-refractivity contribution in [3.05, 3.63) is 47.6 Å². The van der Waals surface area contributed by atoms with Gasteiger partial charge in [0.05, 0.1) is 23.8 Å². The number of nitrogens with one attached hydrogen (secondary N) is 3. The summed E-state index contributed by atoms with van der Waals surface area (Å²) in [5.74, 6) is -3.58. The Morgan fingerprint density at radius 1 is 0.909 bits per heavy atom. The summed E-state index contributed by atoms with van der Waals surface area (Å²) < 4.78 is 6.12. The highest BCUT2D eigenvalue weighted by molar-refractivity contribution is 6.39. The highest BCUT2D eigenvalue weighted by atomic mass is 35.5. The molecule has 0 aromatic carbocycles. The maximum Gasteiger partial charge on any atom is 0.272 e. The van der Waals surface area contributed by atoms with E-state index in [1.54, 1.807) is 32.9 Å². The van der Waals surface area contributed by atoms with Gasteiger partial charge in [0.2, 0.25) is 35.2 Å². The van der Waals surface area contributed by atoms with E-state index in [1.807, 2.05) is 34.6 Å². The number of likely N-dealkylation sites (tertiary alicyclic amines) is 1. The van der Waals surface area contributed by atoms with E-state index in [0.29, 0.717) is 24.3 Å². The molecule has 55 heavy (non-hydrogen) atoms. The number of hydrogen-bond donors (Lipinski definition) is 3. The van der Waals surface area contributed by atoms with Gasteiger partial charge in [0.25, 0.3) is 5.91 Å². The molecule has 302 valence electrons. The van der Waals surface area contributed by atoms with Crippen molar-refractivity contribution < 1.29 is 33.5 Å². The van der Waals surface area contributed by atoms with Crippen LogP contribution < -0.4 is 20.7 Å². The minimum atomic E-state index is -1.15. The normalized spacial score (nSPS) is 17.3. The molecule has 1 fully saturated rings. The number of hydrogen-bond acceptors (Lipinski definition) is 10. The molecule has 0 aliphatic carbocycles. The van der Waals surface area contributed by atoms with Gasteiger partial charge in [0, 0.05) is 37.5 Å². The Kier molecular flexibility index (Phi) is 17.2. The molecule has 0 bridgehead atoms. The van der Waals surface area contributed by atoms with Crippen molar-refractivity contribution in [1.82, 2.24) is 35.8 Å². The quantitative estimate of drug-likeness (QED) is 0.156. The summed E-state index contributed by atoms with van der Waals surface area (Å²) >= 11 is 6.02. The van der Waals surface area contributed by atoms with Gasteiger partial charge in [-0.1, -0.05) is 86.3 Å². The van der Waals surface area contributed by atoms with E-state index in [-0.39, 0.29) is 49.2 Å². The third-order valence-electron chi connectivity index (χ3n) is 9.47. The molecule has 1 saturated heterocycles. The molecule has 3 rings (SSSR count). The Morgan fingerprint density at radius 2 is 1.58 bits per heavy atom. The molecule has 0 spiro atoms. The van der Waals surface area contributed by atoms with Crippen LogP contribution in [0.25, 0.3) is 0 Å². The van der Waals surface area contributed by atoms with Crippen LogP contribution in [0.5, 0.6) is 5.88 Å². The van der Waals surface area contributed by atoms with Crippen molar-refractivity contribution in [3.8, 4) is 5.88 Å². The molecule has 0 unspecified atom stereocenters. The first-order valence-corrected chi connectivity index (χ1v) is 19.7. The van der Waals surface area contributed by atoms with E-state index in [1.165, 1.54) is 29.7 Å². The van der Waals surface area contributed by atoms with Gasteiger partial charge in [-0.2, -0.15) is 0 Å². The molecule has 0 saturated carbocycles. The van der Waals surface area contributed by atoms with Crippen molar-refractivity contribution in [2.75, 3.05) is 6.54 Å². The van der Waals surface area contributed by atoms with Crippen molar-refractivity contribution in [2.24, 2.45) is 17.3 Å². The number of ketones is 2. The Morgan fingerprint density at radius 3 is 2.13 bits per heavy atom. The third-order valence-corrected chi connectivity index (χ3v) is 9.69. The fourth-order valence-corrected chi connectivity index (χ4v) is 6.88. The van der Waals surface area contributed by atoms with Gasteiger partial charge in [-0.05, 0) is 42.6 Å². The maximum absolute atomic E-state index is 14.8. The SMILES string of the molecule is CCCC(CCC)[C@H](NC(=O)c1cnccn1)C(=O)N[C@H](C(=O)N1C[C@H](Oc2ccc(Cl)cn2)C[C@H]1C(=O)N[C@@H](CCC)C(=O)C(=O)CC(C)C)C(C)(C)C. The van der Waals surface area contributed by atoms with Crippen molar-refractivity contribution in [2.45, 2.75) is 137 Å². The third kappa shape index (κ3) is 13.1. The summed E-state index contributed by atoms with van der Waals surface area (Å²) in [5.41, 5.74) is -0.813. The lowest BCUT2D eigenvalue weighted by Gasteiger charge is -2.37. The molecule has 4 amide bonds. The Bertz CT molecular complexity index is 1610. The molecule has 1 aliphatic rings. The van der Waals surface area contributed by atoms with E-state index >= 15 is 0 Å². The summed E-state index contributed by atoms with van der Waals surface area (Å²) in [6.45, 7) is 14.9. The molecular weight excluding hydrogens is 726 g/mol. The Hall–Kier alpha value is -4.46. The molecular formula is C40H58ClN7O7. The van der Waals surface area contributed by atoms with E-state index in [0.717, 1.165) is 12.8 Å². The summed E-state index contributed by atoms with van der Waals surface area (Å²) in [7, 11) is 0. The number of rotatable bonds is 20. The lowest BCUT2D eigenvalue weighted by Crippen LogP contribution is -2.61.